The second-order valence-corrected chi connectivity index (χ2v) is 5.55. The Morgan fingerprint density at radius 2 is 2.04 bits per heavy atom. The van der Waals surface area contributed by atoms with E-state index in [4.69, 9.17) is 4.74 Å². The Hall–Kier alpha value is -2.76. The van der Waals surface area contributed by atoms with Crippen LogP contribution in [0.3, 0.4) is 0 Å². The third-order valence-electron chi connectivity index (χ3n) is 4.17. The number of amides is 2. The van der Waals surface area contributed by atoms with Crippen molar-refractivity contribution in [3.8, 4) is 5.75 Å². The van der Waals surface area contributed by atoms with Crippen LogP contribution in [0, 0.1) is 0 Å². The minimum Gasteiger partial charge on any atom is -0.497 e. The summed E-state index contributed by atoms with van der Waals surface area (Å²) >= 11 is 0. The summed E-state index contributed by atoms with van der Waals surface area (Å²) in [4.78, 5) is 26.1. The predicted octanol–water partition coefficient (Wildman–Crippen LogP) is 1.38. The van der Waals surface area contributed by atoms with Gasteiger partial charge in [0.1, 0.15) is 11.4 Å². The van der Waals surface area contributed by atoms with Gasteiger partial charge >= 0.3 is 0 Å². The Bertz CT molecular complexity index is 721. The van der Waals surface area contributed by atoms with E-state index in [9.17, 15) is 9.59 Å². The first-order valence-corrected chi connectivity index (χ1v) is 7.44. The van der Waals surface area contributed by atoms with Gasteiger partial charge in [0.05, 0.1) is 13.2 Å². The third kappa shape index (κ3) is 2.92. The topological polar surface area (TPSA) is 63.6 Å². The summed E-state index contributed by atoms with van der Waals surface area (Å²) in [6.07, 6.45) is 1.89. The van der Waals surface area contributed by atoms with Crippen LogP contribution in [-0.2, 0) is 6.54 Å². The molecular formula is C17H19N3O3. The Balaban J connectivity index is 1.64. The zero-order valence-corrected chi connectivity index (χ0v) is 13.2. The van der Waals surface area contributed by atoms with Crippen molar-refractivity contribution in [1.29, 1.82) is 0 Å². The van der Waals surface area contributed by atoms with E-state index in [1.54, 1.807) is 43.3 Å². The van der Waals surface area contributed by atoms with Crippen LogP contribution in [0.15, 0.2) is 42.6 Å². The number of likely N-dealkylation sites (N-methyl/N-ethyl adjacent to an activating group) is 1. The standard InChI is InChI=1S/C17H19N3O3/c1-19-13(11-20-9-3-4-15(20)17(19)22)10-18-16(21)12-5-7-14(23-2)8-6-12/h3-9,13H,10-11H2,1-2H3,(H,18,21). The van der Waals surface area contributed by atoms with Gasteiger partial charge in [0.15, 0.2) is 0 Å². The van der Waals surface area contributed by atoms with Crippen molar-refractivity contribution >= 4 is 11.8 Å². The van der Waals surface area contributed by atoms with E-state index in [1.165, 1.54) is 0 Å². The number of fused-ring (bicyclic) bond motifs is 1. The lowest BCUT2D eigenvalue weighted by Gasteiger charge is -2.33. The van der Waals surface area contributed by atoms with Gasteiger partial charge in [0.25, 0.3) is 11.8 Å². The second kappa shape index (κ2) is 6.16. The van der Waals surface area contributed by atoms with Gasteiger partial charge in [0, 0.05) is 31.9 Å². The van der Waals surface area contributed by atoms with E-state index >= 15 is 0 Å². The average Bonchev–Trinajstić information content (AvgIpc) is 3.05. The number of nitrogens with one attached hydrogen (secondary N) is 1. The first-order chi connectivity index (χ1) is 11.1. The smallest absolute Gasteiger partial charge is 0.270 e. The molecule has 0 bridgehead atoms. The van der Waals surface area contributed by atoms with E-state index in [2.05, 4.69) is 5.32 Å². The number of benzene rings is 1. The molecule has 120 valence electrons. The van der Waals surface area contributed by atoms with Crippen LogP contribution in [0.2, 0.25) is 0 Å². The van der Waals surface area contributed by atoms with Gasteiger partial charge < -0.3 is 19.5 Å². The molecule has 1 N–H and O–H groups in total. The van der Waals surface area contributed by atoms with Crippen LogP contribution in [0.5, 0.6) is 5.75 Å². The molecule has 6 heteroatoms. The molecule has 2 heterocycles. The van der Waals surface area contributed by atoms with Gasteiger partial charge in [0.2, 0.25) is 0 Å². The third-order valence-corrected chi connectivity index (χ3v) is 4.17. The molecule has 0 spiro atoms. The lowest BCUT2D eigenvalue weighted by Crippen LogP contribution is -2.50. The molecule has 1 unspecified atom stereocenters. The maximum atomic E-state index is 12.3. The first-order valence-electron chi connectivity index (χ1n) is 7.44. The van der Waals surface area contributed by atoms with Crippen LogP contribution >= 0.6 is 0 Å². The quantitative estimate of drug-likeness (QED) is 0.927. The number of hydrogen-bond donors (Lipinski definition) is 1. The predicted molar refractivity (Wildman–Crippen MR) is 85.6 cm³/mol. The Labute approximate surface area is 134 Å². The number of methoxy groups -OCH3 is 1. The highest BCUT2D eigenvalue weighted by Crippen LogP contribution is 2.16. The fraction of sp³-hybridized carbons (Fsp3) is 0.294. The summed E-state index contributed by atoms with van der Waals surface area (Å²) in [6.45, 7) is 1.08. The molecule has 1 atom stereocenters. The van der Waals surface area contributed by atoms with Crippen molar-refractivity contribution in [2.24, 2.45) is 0 Å². The van der Waals surface area contributed by atoms with Crippen molar-refractivity contribution in [1.82, 2.24) is 14.8 Å². The Kier molecular flexibility index (Phi) is 4.06. The molecule has 0 fully saturated rings. The number of nitrogens with zero attached hydrogens (tertiary/aromatic N) is 2. The molecule has 1 aliphatic rings. The largest absolute Gasteiger partial charge is 0.497 e. The molecule has 0 aliphatic carbocycles. The number of carbonyl (C=O) groups excluding carboxylic acids is 2. The maximum Gasteiger partial charge on any atom is 0.270 e. The number of ether oxygens (including phenoxy) is 1. The highest BCUT2D eigenvalue weighted by molar-refractivity contribution is 5.95. The number of carbonyl (C=O) groups is 2. The van der Waals surface area contributed by atoms with Crippen LogP contribution in [0.1, 0.15) is 20.8 Å². The van der Waals surface area contributed by atoms with Crippen LogP contribution in [0.25, 0.3) is 0 Å². The molecular weight excluding hydrogens is 294 g/mol. The van der Waals surface area contributed by atoms with Gasteiger partial charge in [-0.1, -0.05) is 0 Å². The Morgan fingerprint density at radius 1 is 1.30 bits per heavy atom. The SMILES string of the molecule is COc1ccc(C(=O)NCC2Cn3cccc3C(=O)N2C)cc1. The fourth-order valence-corrected chi connectivity index (χ4v) is 2.72. The van der Waals surface area contributed by atoms with Crippen LogP contribution in [-0.4, -0.2) is 48.0 Å². The van der Waals surface area contributed by atoms with E-state index in [-0.39, 0.29) is 17.9 Å². The van der Waals surface area contributed by atoms with Crippen molar-refractivity contribution in [3.63, 3.8) is 0 Å². The lowest BCUT2D eigenvalue weighted by atomic mass is 10.1. The Morgan fingerprint density at radius 3 is 2.74 bits per heavy atom. The number of hydrogen-bond acceptors (Lipinski definition) is 3. The number of rotatable bonds is 4. The number of aromatic nitrogens is 1. The fourth-order valence-electron chi connectivity index (χ4n) is 2.72. The molecule has 2 aromatic rings. The summed E-state index contributed by atoms with van der Waals surface area (Å²) in [5, 5.41) is 2.89. The van der Waals surface area contributed by atoms with E-state index in [1.807, 2.05) is 22.9 Å². The van der Waals surface area contributed by atoms with Gasteiger partial charge in [-0.3, -0.25) is 9.59 Å². The second-order valence-electron chi connectivity index (χ2n) is 5.55. The highest BCUT2D eigenvalue weighted by Gasteiger charge is 2.29. The monoisotopic (exact) mass is 313 g/mol. The molecule has 1 aromatic heterocycles. The summed E-state index contributed by atoms with van der Waals surface area (Å²) < 4.78 is 7.00. The summed E-state index contributed by atoms with van der Waals surface area (Å²) in [5.41, 5.74) is 1.25. The molecule has 0 saturated heterocycles. The summed E-state index contributed by atoms with van der Waals surface area (Å²) in [5.74, 6) is 0.524. The summed E-state index contributed by atoms with van der Waals surface area (Å²) in [6, 6.07) is 10.5. The molecule has 0 saturated carbocycles. The minimum atomic E-state index is -0.160. The van der Waals surface area contributed by atoms with Crippen LogP contribution in [0.4, 0.5) is 0 Å². The molecule has 1 aliphatic heterocycles. The van der Waals surface area contributed by atoms with E-state index in [0.29, 0.717) is 30.1 Å². The van der Waals surface area contributed by atoms with Gasteiger partial charge in [-0.25, -0.2) is 0 Å². The van der Waals surface area contributed by atoms with Crippen molar-refractivity contribution in [3.05, 3.63) is 53.9 Å². The molecule has 6 nitrogen and oxygen atoms in total. The highest BCUT2D eigenvalue weighted by atomic mass is 16.5. The minimum absolute atomic E-state index is 0.0232. The van der Waals surface area contributed by atoms with Crippen LogP contribution < -0.4 is 10.1 Å². The van der Waals surface area contributed by atoms with Crippen molar-refractivity contribution in [2.75, 3.05) is 20.7 Å². The maximum absolute atomic E-state index is 12.3. The lowest BCUT2D eigenvalue weighted by molar-refractivity contribution is 0.0645. The van der Waals surface area contributed by atoms with Gasteiger partial charge in [-0.2, -0.15) is 0 Å². The molecule has 3 rings (SSSR count). The van der Waals surface area contributed by atoms with E-state index in [0.717, 1.165) is 0 Å². The molecule has 2 amide bonds. The van der Waals surface area contributed by atoms with Gasteiger partial charge in [-0.05, 0) is 36.4 Å². The van der Waals surface area contributed by atoms with E-state index < -0.39 is 0 Å². The summed E-state index contributed by atoms with van der Waals surface area (Å²) in [7, 11) is 3.35. The molecule has 1 aromatic carbocycles. The van der Waals surface area contributed by atoms with Gasteiger partial charge in [-0.15, -0.1) is 0 Å². The molecule has 0 radical (unpaired) electrons. The zero-order valence-electron chi connectivity index (χ0n) is 13.2. The normalized spacial score (nSPS) is 16.9. The first kappa shape index (κ1) is 15.1. The molecule has 23 heavy (non-hydrogen) atoms. The zero-order chi connectivity index (χ0) is 16.4. The average molecular weight is 313 g/mol. The van der Waals surface area contributed by atoms with Crippen molar-refractivity contribution < 1.29 is 14.3 Å². The van der Waals surface area contributed by atoms with Crippen molar-refractivity contribution in [2.45, 2.75) is 12.6 Å².